The van der Waals surface area contributed by atoms with Crippen LogP contribution < -0.4 is 19.7 Å². The second kappa shape index (κ2) is 10.6. The zero-order valence-corrected chi connectivity index (χ0v) is 22.7. The van der Waals surface area contributed by atoms with Gasteiger partial charge in [-0.15, -0.1) is 0 Å². The highest BCUT2D eigenvalue weighted by molar-refractivity contribution is 6.12. The molecule has 0 bridgehead atoms. The van der Waals surface area contributed by atoms with E-state index < -0.39 is 17.8 Å². The van der Waals surface area contributed by atoms with Gasteiger partial charge in [0.2, 0.25) is 0 Å². The van der Waals surface area contributed by atoms with Gasteiger partial charge in [-0.3, -0.25) is 14.5 Å². The number of carbonyl (C=O) groups excluding carboxylic acids is 2. The summed E-state index contributed by atoms with van der Waals surface area (Å²) in [6.45, 7) is 6.67. The number of para-hydroxylation sites is 2. The summed E-state index contributed by atoms with van der Waals surface area (Å²) < 4.78 is 26.6. The molecule has 1 aliphatic heterocycles. The summed E-state index contributed by atoms with van der Waals surface area (Å²) in [5.74, 6) is -0.141. The maximum absolute atomic E-state index is 15.0. The van der Waals surface area contributed by atoms with Gasteiger partial charge in [-0.05, 0) is 60.2 Å². The molecule has 2 aliphatic rings. The summed E-state index contributed by atoms with van der Waals surface area (Å²) in [7, 11) is 1.56. The van der Waals surface area contributed by atoms with Crippen LogP contribution in [-0.2, 0) is 4.79 Å². The first kappa shape index (κ1) is 26.5. The molecule has 1 amide bonds. The van der Waals surface area contributed by atoms with E-state index in [1.54, 1.807) is 30.2 Å². The molecule has 6 nitrogen and oxygen atoms in total. The van der Waals surface area contributed by atoms with Crippen molar-refractivity contribution in [2.45, 2.75) is 46.1 Å². The second-order valence-electron chi connectivity index (χ2n) is 10.8. The number of ketones is 1. The summed E-state index contributed by atoms with van der Waals surface area (Å²) in [6.07, 6.45) is 1.79. The molecule has 0 saturated heterocycles. The Morgan fingerprint density at radius 3 is 2.54 bits per heavy atom. The van der Waals surface area contributed by atoms with Crippen molar-refractivity contribution in [3.8, 4) is 11.5 Å². The number of nitrogens with one attached hydrogen (secondary N) is 1. The van der Waals surface area contributed by atoms with Crippen LogP contribution in [0.1, 0.15) is 62.0 Å². The number of Topliss-reactive ketones (excluding diaryl/α,β-unsaturated/α-hetero) is 1. The van der Waals surface area contributed by atoms with E-state index in [4.69, 9.17) is 9.47 Å². The van der Waals surface area contributed by atoms with Gasteiger partial charge < -0.3 is 14.8 Å². The maximum atomic E-state index is 15.0. The first-order chi connectivity index (χ1) is 18.7. The van der Waals surface area contributed by atoms with Crippen LogP contribution in [0.5, 0.6) is 11.5 Å². The fourth-order valence-electron chi connectivity index (χ4n) is 5.48. The number of ether oxygens (including phenoxy) is 2. The molecule has 39 heavy (non-hydrogen) atoms. The van der Waals surface area contributed by atoms with Crippen molar-refractivity contribution < 1.29 is 23.5 Å². The molecule has 1 N–H and O–H groups in total. The van der Waals surface area contributed by atoms with Crippen LogP contribution in [-0.4, -0.2) is 25.4 Å². The molecule has 1 atom stereocenters. The minimum Gasteiger partial charge on any atom is -0.493 e. The molecular formula is C32H33FN2O4. The molecule has 5 rings (SSSR count). The molecule has 7 heteroatoms. The Labute approximate surface area is 228 Å². The van der Waals surface area contributed by atoms with Gasteiger partial charge in [0, 0.05) is 17.7 Å². The van der Waals surface area contributed by atoms with Crippen molar-refractivity contribution in [3.05, 3.63) is 94.9 Å². The lowest BCUT2D eigenvalue weighted by molar-refractivity contribution is -0.118. The van der Waals surface area contributed by atoms with E-state index in [2.05, 4.69) is 19.2 Å². The maximum Gasteiger partial charge on any atom is 0.262 e. The van der Waals surface area contributed by atoms with E-state index in [9.17, 15) is 9.59 Å². The van der Waals surface area contributed by atoms with Crippen molar-refractivity contribution in [3.63, 3.8) is 0 Å². The minimum absolute atomic E-state index is 0.0526. The zero-order valence-electron chi connectivity index (χ0n) is 22.7. The topological polar surface area (TPSA) is 67.9 Å². The van der Waals surface area contributed by atoms with E-state index in [0.717, 1.165) is 12.1 Å². The van der Waals surface area contributed by atoms with Gasteiger partial charge in [-0.2, -0.15) is 0 Å². The van der Waals surface area contributed by atoms with Crippen LogP contribution in [0.4, 0.5) is 15.8 Å². The molecule has 1 heterocycles. The summed E-state index contributed by atoms with van der Waals surface area (Å²) in [4.78, 5) is 29.7. The largest absolute Gasteiger partial charge is 0.493 e. The van der Waals surface area contributed by atoms with Gasteiger partial charge in [0.25, 0.3) is 5.91 Å². The van der Waals surface area contributed by atoms with E-state index in [0.29, 0.717) is 53.5 Å². The number of fused-ring (bicyclic) bond motifs is 1. The molecule has 0 aromatic heterocycles. The summed E-state index contributed by atoms with van der Waals surface area (Å²) in [5.41, 5.74) is 2.84. The minimum atomic E-state index is -0.819. The van der Waals surface area contributed by atoms with Crippen molar-refractivity contribution in [1.82, 2.24) is 0 Å². The number of carbonyl (C=O) groups is 2. The molecule has 0 radical (unpaired) electrons. The van der Waals surface area contributed by atoms with Gasteiger partial charge in [0.05, 0.1) is 36.7 Å². The Hall–Kier alpha value is -4.13. The van der Waals surface area contributed by atoms with Crippen LogP contribution in [0.15, 0.2) is 78.0 Å². The Kier molecular flexibility index (Phi) is 7.17. The smallest absolute Gasteiger partial charge is 0.262 e. The van der Waals surface area contributed by atoms with Gasteiger partial charge in [0.1, 0.15) is 5.82 Å². The van der Waals surface area contributed by atoms with Crippen LogP contribution in [0.3, 0.4) is 0 Å². The van der Waals surface area contributed by atoms with Crippen LogP contribution in [0.2, 0.25) is 0 Å². The molecule has 0 fully saturated rings. The van der Waals surface area contributed by atoms with Crippen molar-refractivity contribution in [2.75, 3.05) is 23.9 Å². The molecular weight excluding hydrogens is 495 g/mol. The Bertz CT molecular complexity index is 1460. The van der Waals surface area contributed by atoms with Crippen molar-refractivity contribution in [2.24, 2.45) is 5.41 Å². The monoisotopic (exact) mass is 528 g/mol. The number of benzene rings is 3. The van der Waals surface area contributed by atoms with Crippen LogP contribution >= 0.6 is 0 Å². The summed E-state index contributed by atoms with van der Waals surface area (Å²) in [6, 6.07) is 18.0. The number of anilines is 2. The summed E-state index contributed by atoms with van der Waals surface area (Å²) >= 11 is 0. The molecule has 202 valence electrons. The number of rotatable bonds is 6. The predicted molar refractivity (Wildman–Crippen MR) is 150 cm³/mol. The van der Waals surface area contributed by atoms with Gasteiger partial charge in [0.15, 0.2) is 17.3 Å². The molecule has 1 aliphatic carbocycles. The molecule has 3 aromatic carbocycles. The van der Waals surface area contributed by atoms with E-state index in [1.165, 1.54) is 12.1 Å². The van der Waals surface area contributed by atoms with Gasteiger partial charge in [-0.25, -0.2) is 4.39 Å². The lowest BCUT2D eigenvalue weighted by Gasteiger charge is -2.37. The number of nitrogens with zero attached hydrogens (tertiary/aromatic N) is 1. The van der Waals surface area contributed by atoms with Crippen LogP contribution in [0, 0.1) is 11.2 Å². The van der Waals surface area contributed by atoms with Gasteiger partial charge >= 0.3 is 0 Å². The third kappa shape index (κ3) is 5.01. The molecule has 0 unspecified atom stereocenters. The zero-order chi connectivity index (χ0) is 27.7. The standard InChI is InChI=1S/C32H33FN2O4/c1-5-16-39-27-15-14-20(17-28(27)38-4)30-29-24(18-32(2,3)19-26(29)36)34-23-12-8-9-13-25(23)35(30)31(37)21-10-6-7-11-22(21)33/h6-15,17,30,34H,5,16,18-19H2,1-4H3/t30-/m0/s1. The van der Waals surface area contributed by atoms with E-state index >= 15 is 4.39 Å². The highest BCUT2D eigenvalue weighted by Gasteiger charge is 2.44. The second-order valence-corrected chi connectivity index (χ2v) is 10.8. The lowest BCUT2D eigenvalue weighted by atomic mass is 9.73. The third-order valence-electron chi connectivity index (χ3n) is 7.19. The predicted octanol–water partition coefficient (Wildman–Crippen LogP) is 7.08. The first-order valence-corrected chi connectivity index (χ1v) is 13.2. The average molecular weight is 529 g/mol. The number of allylic oxidation sites excluding steroid dienone is 1. The number of amides is 1. The Balaban J connectivity index is 1.78. The van der Waals surface area contributed by atoms with Crippen molar-refractivity contribution in [1.29, 1.82) is 0 Å². The molecule has 0 spiro atoms. The van der Waals surface area contributed by atoms with Gasteiger partial charge in [-0.1, -0.05) is 51.1 Å². The number of hydrogen-bond acceptors (Lipinski definition) is 5. The highest BCUT2D eigenvalue weighted by Crippen LogP contribution is 2.49. The third-order valence-corrected chi connectivity index (χ3v) is 7.19. The van der Waals surface area contributed by atoms with E-state index in [1.807, 2.05) is 43.3 Å². The number of halogens is 1. The fraction of sp³-hybridized carbons (Fsp3) is 0.312. The fourth-order valence-corrected chi connectivity index (χ4v) is 5.48. The Morgan fingerprint density at radius 1 is 1.05 bits per heavy atom. The first-order valence-electron chi connectivity index (χ1n) is 13.2. The van der Waals surface area contributed by atoms with E-state index in [-0.39, 0.29) is 16.8 Å². The van der Waals surface area contributed by atoms with Crippen molar-refractivity contribution >= 4 is 23.1 Å². The number of methoxy groups -OCH3 is 1. The highest BCUT2D eigenvalue weighted by atomic mass is 19.1. The lowest BCUT2D eigenvalue weighted by Crippen LogP contribution is -2.39. The quantitative estimate of drug-likeness (QED) is 0.370. The SMILES string of the molecule is CCCOc1ccc([C@H]2C3=C(CC(C)(C)CC3=O)Nc3ccccc3N2C(=O)c2ccccc2F)cc1OC. The molecule has 3 aromatic rings. The normalized spacial score (nSPS) is 18.0. The van der Waals surface area contributed by atoms with Crippen LogP contribution in [0.25, 0.3) is 0 Å². The molecule has 0 saturated carbocycles. The number of hydrogen-bond donors (Lipinski definition) is 1. The summed E-state index contributed by atoms with van der Waals surface area (Å²) in [5, 5.41) is 3.48. The Morgan fingerprint density at radius 2 is 1.79 bits per heavy atom. The average Bonchev–Trinajstić information content (AvgIpc) is 3.05.